The van der Waals surface area contributed by atoms with Crippen LogP contribution in [-0.4, -0.2) is 23.3 Å². The van der Waals surface area contributed by atoms with Crippen molar-refractivity contribution in [2.45, 2.75) is 248 Å². The molecule has 6 aromatic carbocycles. The fourth-order valence-electron chi connectivity index (χ4n) is 20.4. The molecular weight excluding hydrogens is 1390 g/mol. The van der Waals surface area contributed by atoms with Crippen LogP contribution in [0.3, 0.4) is 0 Å². The second-order valence-corrected chi connectivity index (χ2v) is 52.3. The van der Waals surface area contributed by atoms with Gasteiger partial charge >= 0.3 is 37.9 Å². The second-order valence-electron chi connectivity index (χ2n) is 38.8. The number of methoxy groups -OCH3 is 1. The molecule has 0 N–H and O–H groups in total. The molecule has 0 aromatic heterocycles. The predicted molar refractivity (Wildman–Crippen MR) is 455 cm³/mol. The van der Waals surface area contributed by atoms with Gasteiger partial charge in [0.15, 0.2) is 0 Å². The van der Waals surface area contributed by atoms with Crippen LogP contribution in [0.4, 0.5) is 0 Å². The molecule has 102 heavy (non-hydrogen) atoms. The maximum absolute atomic E-state index is 6.43. The Morgan fingerprint density at radius 3 is 1.34 bits per heavy atom. The molecule has 2 fully saturated rings. The van der Waals surface area contributed by atoms with E-state index in [-0.39, 0.29) is 47.3 Å². The van der Waals surface area contributed by atoms with E-state index in [1.54, 1.807) is 11.1 Å². The molecule has 6 aliphatic carbocycles. The topological polar surface area (TPSA) is 9.23 Å². The van der Waals surface area contributed by atoms with Gasteiger partial charge in [0, 0.05) is 16.7 Å². The molecule has 0 radical (unpaired) electrons. The first-order chi connectivity index (χ1) is 46.4. The van der Waals surface area contributed by atoms with Crippen LogP contribution in [0.25, 0.3) is 45.6 Å². The zero-order chi connectivity index (χ0) is 73.7. The third-order valence-corrected chi connectivity index (χ3v) is 34.7. The van der Waals surface area contributed by atoms with Crippen LogP contribution in [0.5, 0.6) is 0 Å². The molecule has 0 spiro atoms. The van der Waals surface area contributed by atoms with E-state index in [4.69, 9.17) is 21.8 Å². The Balaban J connectivity index is 0.000000245. The van der Waals surface area contributed by atoms with Gasteiger partial charge in [-0.05, 0) is 213 Å². The van der Waals surface area contributed by atoms with Crippen LogP contribution in [0.2, 0.25) is 37.3 Å². The molecule has 546 valence electrons. The van der Waals surface area contributed by atoms with Gasteiger partial charge in [0.25, 0.3) is 0 Å². The first-order valence-electron chi connectivity index (χ1n) is 37.8. The molecule has 0 amide bonds. The van der Waals surface area contributed by atoms with E-state index in [0.717, 1.165) is 22.8 Å². The van der Waals surface area contributed by atoms with Crippen molar-refractivity contribution in [3.8, 4) is 22.3 Å². The summed E-state index contributed by atoms with van der Waals surface area (Å²) in [7, 11) is 7.94. The third-order valence-electron chi connectivity index (χ3n) is 24.8. The Hall–Kier alpha value is -4.54. The molecule has 0 heterocycles. The molecule has 0 bridgehead atoms. The quantitative estimate of drug-likeness (QED) is 0.104. The number of benzene rings is 6. The molecule has 12 rings (SSSR count). The Morgan fingerprint density at radius 1 is 0.471 bits per heavy atom. The summed E-state index contributed by atoms with van der Waals surface area (Å²) in [6, 6.07) is 47.6. The molecule has 6 aliphatic rings. The van der Waals surface area contributed by atoms with Gasteiger partial charge in [-0.15, -0.1) is 0 Å². The standard InChI is InChI=1S/C47H66OSi.C47H58Si.2CH3.2ClH.Zr/c1-29-26-37-35(31-18-22-33(23-19-31)45(3,4)5)16-15-17-36(37)43(29)49(13,14)44-30(2)27-38-39(44)28-40(47(9,10)11)42(48-12)41(38)32-20-24-34(25-21-32)46(6,7)8;1-29-26-38-36(32-18-22-34(23-19-32)45(4,5)6)16-15-17-37(38)43(29)48(13,14)44-30(2)27-39-40(44)28-41(47(10,11)12)31(3)42(39)33-20-24-35(25-21-33)46(7,8)9;;;;;/h15-25,28-30,36-39,43-44H,26-27H2,1-14H3;15-28,43-44H,1-14H3;2*1H3;2*1H;/q;;2*-1;;;+4/p-2. The number of fused-ring (bicyclic) bond motifs is 4. The molecule has 2 saturated carbocycles. The Bertz CT molecular complexity index is 4180. The first-order valence-corrected chi connectivity index (χ1v) is 50.5. The Kier molecular flexibility index (Phi) is 24.9. The van der Waals surface area contributed by atoms with Crippen molar-refractivity contribution in [2.75, 3.05) is 7.11 Å². The van der Waals surface area contributed by atoms with Gasteiger partial charge in [-0.3, -0.25) is 0 Å². The van der Waals surface area contributed by atoms with E-state index < -0.39 is 37.0 Å². The average Bonchev–Trinajstić information content (AvgIpc) is 1.55. The third kappa shape index (κ3) is 16.2. The van der Waals surface area contributed by atoms with E-state index in [2.05, 4.69) is 343 Å². The number of ether oxygens (including phenoxy) is 1. The summed E-state index contributed by atoms with van der Waals surface area (Å²) in [5.41, 5.74) is 33.3. The normalized spacial score (nSPS) is 23.3. The van der Waals surface area contributed by atoms with E-state index in [1.165, 1.54) is 119 Å². The zero-order valence-corrected chi connectivity index (χ0v) is 74.8. The van der Waals surface area contributed by atoms with Crippen molar-refractivity contribution in [2.24, 2.45) is 40.9 Å². The summed E-state index contributed by atoms with van der Waals surface area (Å²) in [5, 5.41) is 0. The van der Waals surface area contributed by atoms with Crippen molar-refractivity contribution in [3.05, 3.63) is 250 Å². The Morgan fingerprint density at radius 2 is 0.892 bits per heavy atom. The minimum absolute atomic E-state index is 0. The van der Waals surface area contributed by atoms with Gasteiger partial charge in [0.05, 0.1) is 23.3 Å². The van der Waals surface area contributed by atoms with Crippen LogP contribution in [0, 0.1) is 62.7 Å². The zero-order valence-electron chi connectivity index (χ0n) is 68.9. The molecule has 10 atom stereocenters. The van der Waals surface area contributed by atoms with E-state index in [0.29, 0.717) is 40.7 Å². The van der Waals surface area contributed by atoms with Crippen molar-refractivity contribution < 1.29 is 25.6 Å². The summed E-state index contributed by atoms with van der Waals surface area (Å²) in [5.74, 6) is 4.87. The van der Waals surface area contributed by atoms with Crippen molar-refractivity contribution in [1.29, 1.82) is 0 Å². The number of hydrogen-bond acceptors (Lipinski definition) is 1. The summed E-state index contributed by atoms with van der Waals surface area (Å²) >= 11 is -0.826. The van der Waals surface area contributed by atoms with Crippen LogP contribution in [-0.2, 0) is 52.7 Å². The average molecular weight is 1520 g/mol. The van der Waals surface area contributed by atoms with Gasteiger partial charge in [-0.2, -0.15) is 0 Å². The van der Waals surface area contributed by atoms with Gasteiger partial charge in [-0.25, -0.2) is 0 Å². The van der Waals surface area contributed by atoms with Gasteiger partial charge < -0.3 is 19.6 Å². The maximum atomic E-state index is 6.43. The molecule has 10 unspecified atom stereocenters. The summed E-state index contributed by atoms with van der Waals surface area (Å²) < 4.78 is 6.43. The van der Waals surface area contributed by atoms with E-state index >= 15 is 0 Å². The number of halogens is 2. The predicted octanol–water partition coefficient (Wildman–Crippen LogP) is 29.3. The SMILES string of the molecule is CC1=Cc2c(-c3ccc(C(C)(C)C)cc3)cccc2C1[Si](C)(C)C1C(C)=Cc2c1cc(C(C)(C)C)c(C)c2-c1ccc(C(C)(C)C)cc1.COC1=C(c2ccc(C(C)(C)C)cc2)C2CC(C)C([Si](C)(C)C3C(C)CC4C(c5ccc(C(C)(C)C)cc5)=CC=CC43)C2C=C1C(C)(C)C.[CH3-].[CH3-].[Cl][Zr+2][Cl]. The molecule has 6 aromatic rings. The number of hydrogen-bond donors (Lipinski definition) is 0. The van der Waals surface area contributed by atoms with Gasteiger partial charge in [-0.1, -0.05) is 334 Å². The van der Waals surface area contributed by atoms with Crippen molar-refractivity contribution in [1.82, 2.24) is 0 Å². The summed E-state index contributed by atoms with van der Waals surface area (Å²) in [6.45, 7) is 65.3. The molecule has 1 nitrogen and oxygen atoms in total. The fourth-order valence-corrected chi connectivity index (χ4v) is 31.6. The van der Waals surface area contributed by atoms with Gasteiger partial charge in [0.1, 0.15) is 5.76 Å². The van der Waals surface area contributed by atoms with E-state index in [1.807, 2.05) is 7.11 Å². The summed E-state index contributed by atoms with van der Waals surface area (Å²) in [6.07, 6.45) is 17.8. The monoisotopic (exact) mass is 1510 g/mol. The van der Waals surface area contributed by atoms with Gasteiger partial charge in [0.2, 0.25) is 0 Å². The van der Waals surface area contributed by atoms with E-state index in [9.17, 15) is 0 Å². The molecular formula is C96H130Cl2OSi2Zr. The molecule has 0 saturated heterocycles. The van der Waals surface area contributed by atoms with Crippen LogP contribution < -0.4 is 0 Å². The van der Waals surface area contributed by atoms with Crippen molar-refractivity contribution >= 4 is 56.5 Å². The Labute approximate surface area is 644 Å². The minimum atomic E-state index is -2.02. The fraction of sp³-hybridized carbons (Fsp3) is 0.479. The van der Waals surface area contributed by atoms with Crippen LogP contribution in [0.15, 0.2) is 168 Å². The number of allylic oxidation sites excluding steroid dienone is 9. The molecule has 6 heteroatoms. The molecule has 0 aliphatic heterocycles. The first kappa shape index (κ1) is 83.1. The van der Waals surface area contributed by atoms with Crippen molar-refractivity contribution in [3.63, 3.8) is 0 Å². The second kappa shape index (κ2) is 30.6. The summed E-state index contributed by atoms with van der Waals surface area (Å²) in [4.78, 5) is 0. The number of rotatable bonds is 9. The van der Waals surface area contributed by atoms with Crippen LogP contribution in [0.1, 0.15) is 243 Å². The van der Waals surface area contributed by atoms with Crippen LogP contribution >= 0.6 is 17.0 Å².